The van der Waals surface area contributed by atoms with E-state index in [1.165, 1.54) is 0 Å². The molecule has 1 aromatic rings. The van der Waals surface area contributed by atoms with Crippen LogP contribution in [0.5, 0.6) is 5.75 Å². The minimum atomic E-state index is 0.256. The first-order chi connectivity index (χ1) is 7.74. The van der Waals surface area contributed by atoms with Crippen LogP contribution in [-0.2, 0) is 22.3 Å². The normalized spacial score (nSPS) is 26.8. The van der Waals surface area contributed by atoms with Crippen molar-refractivity contribution in [2.75, 3.05) is 18.9 Å². The Labute approximate surface area is 94.0 Å². The number of phenolic OH excluding ortho intramolecular Hbond substituents is 1. The molecule has 1 aromatic carbocycles. The van der Waals surface area contributed by atoms with Gasteiger partial charge >= 0.3 is 0 Å². The Morgan fingerprint density at radius 2 is 1.69 bits per heavy atom. The number of hydrogen-bond acceptors (Lipinski definition) is 4. The lowest BCUT2D eigenvalue weighted by molar-refractivity contribution is 0.396. The highest BCUT2D eigenvalue weighted by atomic mass is 16.6. The van der Waals surface area contributed by atoms with Gasteiger partial charge in [0.05, 0.1) is 25.4 Å². The van der Waals surface area contributed by atoms with Gasteiger partial charge in [-0.3, -0.25) is 0 Å². The molecule has 4 nitrogen and oxygen atoms in total. The summed E-state index contributed by atoms with van der Waals surface area (Å²) in [5.41, 5.74) is 8.65. The fraction of sp³-hybridized carbons (Fsp3) is 0.500. The molecule has 2 aliphatic rings. The molecular formula is C12H15NO3. The minimum absolute atomic E-state index is 0.256. The molecule has 0 bridgehead atoms. The van der Waals surface area contributed by atoms with Crippen molar-refractivity contribution in [2.24, 2.45) is 0 Å². The fourth-order valence-electron chi connectivity index (χ4n) is 1.99. The van der Waals surface area contributed by atoms with E-state index in [-0.39, 0.29) is 12.2 Å². The predicted molar refractivity (Wildman–Crippen MR) is 59.4 cm³/mol. The summed E-state index contributed by atoms with van der Waals surface area (Å²) in [6, 6.07) is 3.41. The van der Waals surface area contributed by atoms with Crippen LogP contribution in [0.2, 0.25) is 0 Å². The number of nitrogen functional groups attached to an aromatic ring is 1. The van der Waals surface area contributed by atoms with Gasteiger partial charge in [-0.05, 0) is 17.7 Å². The van der Waals surface area contributed by atoms with Crippen molar-refractivity contribution in [1.29, 1.82) is 0 Å². The molecule has 2 saturated heterocycles. The summed E-state index contributed by atoms with van der Waals surface area (Å²) < 4.78 is 10.4. The predicted octanol–water partition coefficient (Wildman–Crippen LogP) is 0.857. The van der Waals surface area contributed by atoms with Crippen LogP contribution in [0.15, 0.2) is 12.1 Å². The largest absolute Gasteiger partial charge is 0.508 e. The number of anilines is 1. The Morgan fingerprint density at radius 1 is 1.12 bits per heavy atom. The molecule has 3 N–H and O–H groups in total. The molecule has 0 saturated carbocycles. The van der Waals surface area contributed by atoms with Gasteiger partial charge in [0.1, 0.15) is 5.75 Å². The second-order valence-electron chi connectivity index (χ2n) is 4.45. The molecule has 0 spiro atoms. The lowest BCUT2D eigenvalue weighted by Gasteiger charge is -2.12. The summed E-state index contributed by atoms with van der Waals surface area (Å²) >= 11 is 0. The van der Waals surface area contributed by atoms with Crippen molar-refractivity contribution in [2.45, 2.75) is 25.0 Å². The van der Waals surface area contributed by atoms with E-state index in [4.69, 9.17) is 15.2 Å². The zero-order chi connectivity index (χ0) is 11.1. The van der Waals surface area contributed by atoms with E-state index in [9.17, 15) is 5.11 Å². The third-order valence-electron chi connectivity index (χ3n) is 3.11. The van der Waals surface area contributed by atoms with E-state index in [1.807, 2.05) is 0 Å². The molecule has 2 fully saturated rings. The fourth-order valence-corrected chi connectivity index (χ4v) is 1.99. The highest BCUT2D eigenvalue weighted by Gasteiger charge is 2.29. The Morgan fingerprint density at radius 3 is 2.25 bits per heavy atom. The first-order valence-electron chi connectivity index (χ1n) is 5.56. The average molecular weight is 221 g/mol. The van der Waals surface area contributed by atoms with Gasteiger partial charge in [-0.25, -0.2) is 0 Å². The quantitative estimate of drug-likeness (QED) is 0.449. The van der Waals surface area contributed by atoms with Crippen molar-refractivity contribution >= 4 is 5.69 Å². The van der Waals surface area contributed by atoms with Gasteiger partial charge in [0.25, 0.3) is 0 Å². The number of aromatic hydroxyl groups is 1. The maximum absolute atomic E-state index is 9.87. The SMILES string of the molecule is Nc1ccc(O)c(CC2CO2)c1CC1CO1. The van der Waals surface area contributed by atoms with Gasteiger partial charge in [-0.2, -0.15) is 0 Å². The molecule has 0 aliphatic carbocycles. The van der Waals surface area contributed by atoms with Gasteiger partial charge in [0.2, 0.25) is 0 Å². The van der Waals surface area contributed by atoms with Crippen molar-refractivity contribution in [3.8, 4) is 5.75 Å². The standard InChI is InChI=1S/C12H15NO3/c13-11-1-2-12(14)10(4-8-6-16-8)9(11)3-7-5-15-7/h1-2,7-8,14H,3-6,13H2. The van der Waals surface area contributed by atoms with Crippen LogP contribution in [0.1, 0.15) is 11.1 Å². The van der Waals surface area contributed by atoms with E-state index in [2.05, 4.69) is 0 Å². The number of rotatable bonds is 4. The average Bonchev–Trinajstić information content (AvgIpc) is 3.10. The molecule has 2 heterocycles. The van der Waals surface area contributed by atoms with Gasteiger partial charge in [0, 0.05) is 24.1 Å². The topological polar surface area (TPSA) is 71.3 Å². The van der Waals surface area contributed by atoms with Crippen LogP contribution >= 0.6 is 0 Å². The third kappa shape index (κ3) is 1.99. The van der Waals surface area contributed by atoms with Crippen molar-refractivity contribution in [3.05, 3.63) is 23.3 Å². The third-order valence-corrected chi connectivity index (χ3v) is 3.11. The summed E-state index contributed by atoms with van der Waals surface area (Å²) in [6.07, 6.45) is 2.08. The first-order valence-corrected chi connectivity index (χ1v) is 5.56. The molecular weight excluding hydrogens is 206 g/mol. The van der Waals surface area contributed by atoms with Crippen LogP contribution < -0.4 is 5.73 Å². The monoisotopic (exact) mass is 221 g/mol. The summed E-state index contributed by atoms with van der Waals surface area (Å²) in [6.45, 7) is 1.59. The van der Waals surface area contributed by atoms with Crippen LogP contribution in [0.4, 0.5) is 5.69 Å². The highest BCUT2D eigenvalue weighted by Crippen LogP contribution is 2.33. The van der Waals surface area contributed by atoms with Crippen molar-refractivity contribution in [1.82, 2.24) is 0 Å². The summed E-state index contributed by atoms with van der Waals surface area (Å²) in [7, 11) is 0. The second kappa shape index (κ2) is 3.64. The molecule has 2 aliphatic heterocycles. The van der Waals surface area contributed by atoms with Gasteiger partial charge in [-0.15, -0.1) is 0 Å². The highest BCUT2D eigenvalue weighted by molar-refractivity contribution is 5.56. The van der Waals surface area contributed by atoms with Crippen LogP contribution in [0.25, 0.3) is 0 Å². The van der Waals surface area contributed by atoms with Crippen molar-refractivity contribution in [3.63, 3.8) is 0 Å². The number of nitrogens with two attached hydrogens (primary N) is 1. The lowest BCUT2D eigenvalue weighted by atomic mass is 9.96. The molecule has 0 aromatic heterocycles. The second-order valence-corrected chi connectivity index (χ2v) is 4.45. The maximum Gasteiger partial charge on any atom is 0.119 e. The van der Waals surface area contributed by atoms with Gasteiger partial charge in [-0.1, -0.05) is 0 Å². The van der Waals surface area contributed by atoms with Gasteiger partial charge in [0.15, 0.2) is 0 Å². The van der Waals surface area contributed by atoms with Crippen LogP contribution in [-0.4, -0.2) is 30.5 Å². The van der Waals surface area contributed by atoms with E-state index >= 15 is 0 Å². The zero-order valence-corrected chi connectivity index (χ0v) is 8.98. The molecule has 4 heteroatoms. The number of benzene rings is 1. The molecule has 86 valence electrons. The number of hydrogen-bond donors (Lipinski definition) is 2. The number of epoxide rings is 2. The minimum Gasteiger partial charge on any atom is -0.508 e. The van der Waals surface area contributed by atoms with E-state index in [0.29, 0.717) is 5.75 Å². The molecule has 0 radical (unpaired) electrons. The Bertz CT molecular complexity index is 372. The molecule has 2 unspecified atom stereocenters. The summed E-state index contributed by atoms with van der Waals surface area (Å²) in [5, 5.41) is 9.87. The van der Waals surface area contributed by atoms with E-state index in [1.54, 1.807) is 12.1 Å². The summed E-state index contributed by atoms with van der Waals surface area (Å²) in [5.74, 6) is 0.320. The molecule has 2 atom stereocenters. The molecule has 16 heavy (non-hydrogen) atoms. The van der Waals surface area contributed by atoms with Crippen molar-refractivity contribution < 1.29 is 14.6 Å². The Balaban J connectivity index is 1.92. The number of phenols is 1. The smallest absolute Gasteiger partial charge is 0.119 e. The lowest BCUT2D eigenvalue weighted by Crippen LogP contribution is -2.06. The maximum atomic E-state index is 9.87. The Hall–Kier alpha value is -1.26. The van der Waals surface area contributed by atoms with E-state index in [0.717, 1.165) is 42.9 Å². The van der Waals surface area contributed by atoms with E-state index < -0.39 is 0 Å². The first kappa shape index (κ1) is 9.93. The molecule has 0 amide bonds. The van der Waals surface area contributed by atoms with Crippen LogP contribution in [0.3, 0.4) is 0 Å². The van der Waals surface area contributed by atoms with Crippen LogP contribution in [0, 0.1) is 0 Å². The zero-order valence-electron chi connectivity index (χ0n) is 8.98. The van der Waals surface area contributed by atoms with Gasteiger partial charge < -0.3 is 20.3 Å². The summed E-state index contributed by atoms with van der Waals surface area (Å²) in [4.78, 5) is 0. The Kier molecular flexibility index (Phi) is 2.26. The number of ether oxygens (including phenoxy) is 2. The molecule has 3 rings (SSSR count).